The molecule has 1 aliphatic rings. The zero-order chi connectivity index (χ0) is 15.7. The predicted molar refractivity (Wildman–Crippen MR) is 98.0 cm³/mol. The summed E-state index contributed by atoms with van der Waals surface area (Å²) in [7, 11) is 0. The van der Waals surface area contributed by atoms with Crippen molar-refractivity contribution < 1.29 is 4.79 Å². The Morgan fingerprint density at radius 1 is 1.17 bits per heavy atom. The average molecular weight is 333 g/mol. The first-order valence-corrected chi connectivity index (χ1v) is 8.16. The van der Waals surface area contributed by atoms with Crippen LogP contribution in [0.3, 0.4) is 0 Å². The Balaban J connectivity index is 0.00000192. The summed E-state index contributed by atoms with van der Waals surface area (Å²) in [6, 6.07) is 14.6. The molecule has 1 aliphatic carbocycles. The molecule has 1 saturated carbocycles. The van der Waals surface area contributed by atoms with Gasteiger partial charge in [-0.05, 0) is 49.1 Å². The minimum atomic E-state index is -0.415. The van der Waals surface area contributed by atoms with Gasteiger partial charge in [-0.25, -0.2) is 0 Å². The molecule has 2 aromatic rings. The largest absolute Gasteiger partial charge is 0.342 e. The average Bonchev–Trinajstić information content (AvgIpc) is 3.31. The van der Waals surface area contributed by atoms with E-state index in [0.717, 1.165) is 25.1 Å². The summed E-state index contributed by atoms with van der Waals surface area (Å²) in [5.41, 5.74) is 6.68. The summed E-state index contributed by atoms with van der Waals surface area (Å²) in [4.78, 5) is 15.1. The van der Waals surface area contributed by atoms with E-state index < -0.39 is 5.41 Å². The maximum absolute atomic E-state index is 13.2. The van der Waals surface area contributed by atoms with Crippen molar-refractivity contribution >= 4 is 29.1 Å². The normalized spacial score (nSPS) is 22.5. The lowest BCUT2D eigenvalue weighted by atomic mass is 9.87. The predicted octanol–water partition coefficient (Wildman–Crippen LogP) is 3.35. The first-order valence-electron chi connectivity index (χ1n) is 8.16. The number of rotatable bonds is 5. The van der Waals surface area contributed by atoms with Crippen LogP contribution in [0.4, 0.5) is 0 Å². The van der Waals surface area contributed by atoms with Crippen LogP contribution in [0.5, 0.6) is 0 Å². The van der Waals surface area contributed by atoms with E-state index in [9.17, 15) is 4.79 Å². The Labute approximate surface area is 144 Å². The van der Waals surface area contributed by atoms with Crippen LogP contribution in [-0.4, -0.2) is 30.4 Å². The SMILES string of the molecule is CCN(CC)C(=O)[C@@]1(c2cccc3ccccc23)C[C@H]1CN.Cl. The van der Waals surface area contributed by atoms with Crippen molar-refractivity contribution in [1.29, 1.82) is 0 Å². The molecule has 124 valence electrons. The van der Waals surface area contributed by atoms with Gasteiger partial charge in [0.25, 0.3) is 0 Å². The van der Waals surface area contributed by atoms with E-state index >= 15 is 0 Å². The van der Waals surface area contributed by atoms with E-state index in [4.69, 9.17) is 5.73 Å². The van der Waals surface area contributed by atoms with Crippen molar-refractivity contribution in [3.05, 3.63) is 48.0 Å². The standard InChI is InChI=1S/C19H24N2O.ClH/c1-3-21(4-2)18(22)19(12-15(19)13-20)17-11-7-9-14-8-5-6-10-16(14)17;/h5-11,15H,3-4,12-13,20H2,1-2H3;1H/t15-,19-;/m0./s1. The molecule has 4 heteroatoms. The highest BCUT2D eigenvalue weighted by atomic mass is 35.5. The molecule has 0 unspecified atom stereocenters. The topological polar surface area (TPSA) is 46.3 Å². The Kier molecular flexibility index (Phi) is 5.33. The van der Waals surface area contributed by atoms with Crippen LogP contribution >= 0.6 is 12.4 Å². The summed E-state index contributed by atoms with van der Waals surface area (Å²) in [6.07, 6.45) is 0.868. The third kappa shape index (κ3) is 2.73. The lowest BCUT2D eigenvalue weighted by Gasteiger charge is -2.27. The first kappa shape index (κ1) is 17.8. The summed E-state index contributed by atoms with van der Waals surface area (Å²) < 4.78 is 0. The molecular formula is C19H25ClN2O. The maximum Gasteiger partial charge on any atom is 0.233 e. The van der Waals surface area contributed by atoms with Crippen molar-refractivity contribution in [2.45, 2.75) is 25.7 Å². The number of benzene rings is 2. The van der Waals surface area contributed by atoms with Gasteiger partial charge in [0.15, 0.2) is 0 Å². The number of nitrogens with two attached hydrogens (primary N) is 1. The number of nitrogens with zero attached hydrogens (tertiary/aromatic N) is 1. The second-order valence-corrected chi connectivity index (χ2v) is 6.11. The quantitative estimate of drug-likeness (QED) is 0.912. The molecule has 2 aromatic carbocycles. The summed E-state index contributed by atoms with van der Waals surface area (Å²) in [5.74, 6) is 0.496. The van der Waals surface area contributed by atoms with E-state index in [-0.39, 0.29) is 24.2 Å². The molecule has 0 spiro atoms. The molecule has 0 bridgehead atoms. The fourth-order valence-corrected chi connectivity index (χ4v) is 3.73. The van der Waals surface area contributed by atoms with E-state index in [2.05, 4.69) is 30.3 Å². The number of amides is 1. The van der Waals surface area contributed by atoms with Gasteiger partial charge in [-0.3, -0.25) is 4.79 Å². The summed E-state index contributed by atoms with van der Waals surface area (Å²) in [5, 5.41) is 2.37. The molecule has 1 amide bonds. The van der Waals surface area contributed by atoms with Gasteiger partial charge in [0, 0.05) is 13.1 Å². The van der Waals surface area contributed by atoms with Gasteiger partial charge in [0.2, 0.25) is 5.91 Å². The molecular weight excluding hydrogens is 308 g/mol. The zero-order valence-electron chi connectivity index (χ0n) is 13.8. The molecule has 0 heterocycles. The molecule has 0 saturated heterocycles. The summed E-state index contributed by atoms with van der Waals surface area (Å²) in [6.45, 7) is 6.14. The Hall–Kier alpha value is -1.58. The number of fused-ring (bicyclic) bond motifs is 1. The van der Waals surface area contributed by atoms with Crippen LogP contribution in [0.15, 0.2) is 42.5 Å². The maximum atomic E-state index is 13.2. The molecule has 23 heavy (non-hydrogen) atoms. The number of halogens is 1. The highest BCUT2D eigenvalue weighted by Crippen LogP contribution is 2.56. The minimum Gasteiger partial charge on any atom is -0.342 e. The molecule has 0 radical (unpaired) electrons. The number of carbonyl (C=O) groups is 1. The first-order chi connectivity index (χ1) is 10.7. The number of hydrogen-bond donors (Lipinski definition) is 1. The third-order valence-electron chi connectivity index (χ3n) is 5.09. The van der Waals surface area contributed by atoms with Crippen LogP contribution in [0, 0.1) is 5.92 Å². The molecule has 1 fully saturated rings. The van der Waals surface area contributed by atoms with Crippen molar-refractivity contribution in [3.63, 3.8) is 0 Å². The fourth-order valence-electron chi connectivity index (χ4n) is 3.73. The second kappa shape index (κ2) is 6.90. The van der Waals surface area contributed by atoms with Crippen LogP contribution in [0.25, 0.3) is 10.8 Å². The lowest BCUT2D eigenvalue weighted by Crippen LogP contribution is -2.41. The number of carbonyl (C=O) groups excluding carboxylic acids is 1. The fraction of sp³-hybridized carbons (Fsp3) is 0.421. The molecule has 3 nitrogen and oxygen atoms in total. The van der Waals surface area contributed by atoms with E-state index in [1.165, 1.54) is 10.8 Å². The lowest BCUT2D eigenvalue weighted by molar-refractivity contribution is -0.134. The highest BCUT2D eigenvalue weighted by molar-refractivity contribution is 5.98. The molecule has 2 N–H and O–H groups in total. The van der Waals surface area contributed by atoms with Gasteiger partial charge in [-0.1, -0.05) is 42.5 Å². The van der Waals surface area contributed by atoms with E-state index in [1.54, 1.807) is 0 Å². The van der Waals surface area contributed by atoms with Crippen molar-refractivity contribution in [2.24, 2.45) is 11.7 Å². The monoisotopic (exact) mass is 332 g/mol. The number of hydrogen-bond acceptors (Lipinski definition) is 2. The van der Waals surface area contributed by atoms with Crippen molar-refractivity contribution in [1.82, 2.24) is 4.90 Å². The highest BCUT2D eigenvalue weighted by Gasteiger charge is 2.61. The molecule has 3 rings (SSSR count). The van der Waals surface area contributed by atoms with Crippen LogP contribution in [0.2, 0.25) is 0 Å². The minimum absolute atomic E-state index is 0. The van der Waals surface area contributed by atoms with Crippen LogP contribution < -0.4 is 5.73 Å². The number of likely N-dealkylation sites (N-methyl/N-ethyl adjacent to an activating group) is 1. The Bertz CT molecular complexity index is 693. The van der Waals surface area contributed by atoms with Gasteiger partial charge < -0.3 is 10.6 Å². The zero-order valence-corrected chi connectivity index (χ0v) is 14.6. The smallest absolute Gasteiger partial charge is 0.233 e. The van der Waals surface area contributed by atoms with Crippen LogP contribution in [-0.2, 0) is 10.2 Å². The Morgan fingerprint density at radius 3 is 2.43 bits per heavy atom. The van der Waals surface area contributed by atoms with E-state index in [0.29, 0.717) is 6.54 Å². The summed E-state index contributed by atoms with van der Waals surface area (Å²) >= 11 is 0. The van der Waals surface area contributed by atoms with Gasteiger partial charge in [-0.15, -0.1) is 12.4 Å². The van der Waals surface area contributed by atoms with Crippen molar-refractivity contribution in [3.8, 4) is 0 Å². The third-order valence-corrected chi connectivity index (χ3v) is 5.09. The molecule has 2 atom stereocenters. The Morgan fingerprint density at radius 2 is 1.83 bits per heavy atom. The van der Waals surface area contributed by atoms with E-state index in [1.807, 2.05) is 30.9 Å². The van der Waals surface area contributed by atoms with Gasteiger partial charge in [0.05, 0.1) is 5.41 Å². The van der Waals surface area contributed by atoms with Crippen LogP contribution in [0.1, 0.15) is 25.8 Å². The molecule has 0 aromatic heterocycles. The molecule has 0 aliphatic heterocycles. The van der Waals surface area contributed by atoms with Gasteiger partial charge in [0.1, 0.15) is 0 Å². The second-order valence-electron chi connectivity index (χ2n) is 6.11. The van der Waals surface area contributed by atoms with Gasteiger partial charge >= 0.3 is 0 Å². The van der Waals surface area contributed by atoms with Gasteiger partial charge in [-0.2, -0.15) is 0 Å². The van der Waals surface area contributed by atoms with Crippen molar-refractivity contribution in [2.75, 3.05) is 19.6 Å².